The number of carbonyl (C=O) groups is 1. The average molecular weight is 930 g/mol. The summed E-state index contributed by atoms with van der Waals surface area (Å²) in [6, 6.07) is 5.77. The lowest BCUT2D eigenvalue weighted by atomic mass is 9.82. The van der Waals surface area contributed by atoms with E-state index in [1.165, 1.54) is 38.4 Å². The maximum atomic E-state index is 14.2. The second kappa shape index (κ2) is 17.3. The molecule has 2 fully saturated rings. The summed E-state index contributed by atoms with van der Waals surface area (Å²) in [5.74, 6) is -1.41. The summed E-state index contributed by atoms with van der Waals surface area (Å²) in [6.45, 7) is 10.8. The molecule has 1 unspecified atom stereocenters. The van der Waals surface area contributed by atoms with E-state index in [9.17, 15) is 22.5 Å². The summed E-state index contributed by atoms with van der Waals surface area (Å²) in [7, 11) is -1.70. The molecule has 0 saturated carbocycles. The van der Waals surface area contributed by atoms with Gasteiger partial charge in [0.2, 0.25) is 5.95 Å². The molecule has 0 bridgehead atoms. The van der Waals surface area contributed by atoms with E-state index in [1.54, 1.807) is 17.8 Å². The number of anilines is 4. The molecule has 6 rings (SSSR count). The van der Waals surface area contributed by atoms with Gasteiger partial charge in [0.05, 0.1) is 74.2 Å². The van der Waals surface area contributed by atoms with Crippen molar-refractivity contribution < 1.29 is 50.4 Å². The topological polar surface area (TPSA) is 182 Å². The molecule has 4 aromatic rings. The monoisotopic (exact) mass is 928 g/mol. The van der Waals surface area contributed by atoms with Gasteiger partial charge in [-0.2, -0.15) is 23.3 Å². The van der Waals surface area contributed by atoms with E-state index in [-0.39, 0.29) is 57.8 Å². The first kappa shape index (κ1) is 44.7. The number of pyridine rings is 1. The van der Waals surface area contributed by atoms with E-state index in [0.717, 1.165) is 5.46 Å². The lowest BCUT2D eigenvalue weighted by molar-refractivity contribution is -0.142. The van der Waals surface area contributed by atoms with Gasteiger partial charge >= 0.3 is 20.9 Å². The first-order valence-electron chi connectivity index (χ1n) is 18.3. The first-order chi connectivity index (χ1) is 27.7. The number of hydrogen-bond donors (Lipinski definition) is 3. The Hall–Kier alpha value is -3.82. The molecule has 3 N–H and O–H groups in total. The zero-order valence-electron chi connectivity index (χ0n) is 33.2. The van der Waals surface area contributed by atoms with Crippen molar-refractivity contribution in [3.05, 3.63) is 69.3 Å². The van der Waals surface area contributed by atoms with Crippen LogP contribution in [0.4, 0.5) is 36.3 Å². The summed E-state index contributed by atoms with van der Waals surface area (Å²) < 4.78 is 93.9. The number of halogens is 5. The Morgan fingerprint density at radius 2 is 1.78 bits per heavy atom. The van der Waals surface area contributed by atoms with Crippen molar-refractivity contribution in [1.82, 2.24) is 30.0 Å². The van der Waals surface area contributed by atoms with Crippen molar-refractivity contribution >= 4 is 76.8 Å². The van der Waals surface area contributed by atoms with E-state index in [0.29, 0.717) is 31.5 Å². The molecule has 1 aromatic carbocycles. The van der Waals surface area contributed by atoms with Crippen molar-refractivity contribution in [2.45, 2.75) is 64.7 Å². The highest BCUT2D eigenvalue weighted by Gasteiger charge is 2.52. The molecule has 0 radical (unpaired) electrons. The minimum atomic E-state index is -4.86. The highest BCUT2D eigenvalue weighted by molar-refractivity contribution is 9.10. The third kappa shape index (κ3) is 10.0. The normalized spacial score (nSPS) is 17.9. The largest absolute Gasteiger partial charge is 0.498 e. The van der Waals surface area contributed by atoms with Gasteiger partial charge in [-0.05, 0) is 80.4 Å². The fourth-order valence-electron chi connectivity index (χ4n) is 6.09. The maximum absolute atomic E-state index is 14.2. The number of benzene rings is 1. The van der Waals surface area contributed by atoms with Crippen LogP contribution in [-0.2, 0) is 46.5 Å². The Morgan fingerprint density at radius 3 is 2.39 bits per heavy atom. The van der Waals surface area contributed by atoms with Crippen LogP contribution in [0.1, 0.15) is 56.2 Å². The summed E-state index contributed by atoms with van der Waals surface area (Å²) in [6.07, 6.45) is -0.963. The molecule has 0 aliphatic carbocycles. The van der Waals surface area contributed by atoms with Crippen LogP contribution < -0.4 is 26.2 Å². The molecule has 3 aromatic heterocycles. The van der Waals surface area contributed by atoms with Crippen molar-refractivity contribution in [2.75, 3.05) is 51.2 Å². The number of carbonyl (C=O) groups excluding carboxylic acids is 1. The standard InChI is InChI=1S/C36H43BBrClF3N8O8P/c1-8-55-59(52,56-20-35(18-54-19-35)17-50-15-22(13-45-50)37-57-33(2,3)34(4,5)58-37)16-21-11-27(53-7)26(12-24(21)39)47-32-44-14-23(36(40,41)42)30(49-32)46-25-9-10-28(38)48-29(25)31(51)43-6/h9-15H,8,16-20H2,1-7H3,(H,43,51)(H2,44,46,47,49). The first-order valence-corrected chi connectivity index (χ1v) is 21.2. The van der Waals surface area contributed by atoms with Crippen LogP contribution >= 0.6 is 35.1 Å². The second-order valence-corrected chi connectivity index (χ2v) is 18.2. The van der Waals surface area contributed by atoms with Gasteiger partial charge in [0.1, 0.15) is 21.7 Å². The molecule has 2 aliphatic heterocycles. The Kier molecular flexibility index (Phi) is 13.1. The van der Waals surface area contributed by atoms with Crippen LogP contribution in [0, 0.1) is 5.41 Å². The molecule has 2 aliphatic rings. The van der Waals surface area contributed by atoms with Crippen LogP contribution in [0.25, 0.3) is 0 Å². The predicted octanol–water partition coefficient (Wildman–Crippen LogP) is 7.12. The van der Waals surface area contributed by atoms with Crippen molar-refractivity contribution in [3.63, 3.8) is 0 Å². The molecular weight excluding hydrogens is 887 g/mol. The van der Waals surface area contributed by atoms with Gasteiger partial charge < -0.3 is 43.8 Å². The predicted molar refractivity (Wildman–Crippen MR) is 217 cm³/mol. The molecule has 16 nitrogen and oxygen atoms in total. The third-order valence-electron chi connectivity index (χ3n) is 10.0. The molecule has 0 spiro atoms. The third-order valence-corrected chi connectivity index (χ3v) is 12.7. The van der Waals surface area contributed by atoms with Gasteiger partial charge in [-0.15, -0.1) is 0 Å². The molecule has 318 valence electrons. The average Bonchev–Trinajstić information content (AvgIpc) is 3.70. The summed E-state index contributed by atoms with van der Waals surface area (Å²) in [5, 5.41) is 12.5. The van der Waals surface area contributed by atoms with Crippen LogP contribution in [0.15, 0.2) is 47.5 Å². The van der Waals surface area contributed by atoms with Gasteiger partial charge in [0.25, 0.3) is 5.91 Å². The number of aromatic nitrogens is 5. The minimum Gasteiger partial charge on any atom is -0.495 e. The Bertz CT molecular complexity index is 2230. The van der Waals surface area contributed by atoms with Gasteiger partial charge in [-0.1, -0.05) is 11.6 Å². The van der Waals surface area contributed by atoms with Gasteiger partial charge in [-0.3, -0.25) is 14.0 Å². The minimum absolute atomic E-state index is 0.0207. The molecular formula is C36H43BBrClF3N8O8P. The summed E-state index contributed by atoms with van der Waals surface area (Å²) >= 11 is 9.89. The summed E-state index contributed by atoms with van der Waals surface area (Å²) in [5.41, 5.74) is -1.71. The molecule has 23 heteroatoms. The van der Waals surface area contributed by atoms with Crippen molar-refractivity contribution in [1.29, 1.82) is 0 Å². The van der Waals surface area contributed by atoms with E-state index >= 15 is 0 Å². The maximum Gasteiger partial charge on any atom is 0.498 e. The number of hydrogen-bond acceptors (Lipinski definition) is 14. The van der Waals surface area contributed by atoms with E-state index in [4.69, 9.17) is 39.4 Å². The lowest BCUT2D eigenvalue weighted by Gasteiger charge is -2.41. The van der Waals surface area contributed by atoms with Crippen LogP contribution in [0.3, 0.4) is 0 Å². The number of nitrogens with zero attached hydrogens (tertiary/aromatic N) is 5. The van der Waals surface area contributed by atoms with Crippen LogP contribution in [-0.4, -0.2) is 89.5 Å². The summed E-state index contributed by atoms with van der Waals surface area (Å²) in [4.78, 5) is 24.5. The molecule has 1 amide bonds. The Labute approximate surface area is 352 Å². The highest BCUT2D eigenvalue weighted by atomic mass is 79.9. The Morgan fingerprint density at radius 1 is 1.07 bits per heavy atom. The number of alkyl halides is 3. The molecule has 2 saturated heterocycles. The quantitative estimate of drug-likeness (QED) is 0.0587. The number of rotatable bonds is 16. The van der Waals surface area contributed by atoms with Crippen LogP contribution in [0.2, 0.25) is 5.02 Å². The fourth-order valence-corrected chi connectivity index (χ4v) is 8.53. The molecule has 59 heavy (non-hydrogen) atoms. The zero-order chi connectivity index (χ0) is 43.0. The highest BCUT2D eigenvalue weighted by Crippen LogP contribution is 2.54. The van der Waals surface area contributed by atoms with Gasteiger partial charge in [-0.25, -0.2) is 9.97 Å². The molecule has 5 heterocycles. The number of ether oxygens (including phenoxy) is 2. The smallest absolute Gasteiger partial charge is 0.495 e. The zero-order valence-corrected chi connectivity index (χ0v) is 36.4. The second-order valence-electron chi connectivity index (χ2n) is 15.0. The van der Waals surface area contributed by atoms with E-state index in [1.807, 2.05) is 33.9 Å². The fraction of sp³-hybridized carbons (Fsp3) is 0.472. The number of methoxy groups -OCH3 is 1. The van der Waals surface area contributed by atoms with Crippen LogP contribution in [0.5, 0.6) is 5.75 Å². The molecule has 1 atom stereocenters. The van der Waals surface area contributed by atoms with E-state index in [2.05, 4.69) is 51.9 Å². The van der Waals surface area contributed by atoms with Crippen molar-refractivity contribution in [2.24, 2.45) is 5.41 Å². The Balaban J connectivity index is 1.18. The number of amides is 1. The number of nitrogens with one attached hydrogen (secondary N) is 3. The van der Waals surface area contributed by atoms with Gasteiger partial charge in [0.15, 0.2) is 5.69 Å². The van der Waals surface area contributed by atoms with E-state index < -0.39 is 54.8 Å². The van der Waals surface area contributed by atoms with Crippen molar-refractivity contribution in [3.8, 4) is 5.75 Å². The van der Waals surface area contributed by atoms with Gasteiger partial charge in [0, 0.05) is 36.1 Å². The lowest BCUT2D eigenvalue weighted by Crippen LogP contribution is -2.49. The SMILES string of the molecule is CCOP(=O)(Cc1cc(OC)c(Nc2ncc(C(F)(F)F)c(Nc3ccc(Br)nc3C(=O)NC)n2)cc1Cl)OCC1(Cn2cc(B3OC(C)(C)C(C)(C)O3)cn2)COC1.